The molecule has 0 N–H and O–H groups in total. The molecule has 0 atom stereocenters. The number of nitrogens with zero attached hydrogens (tertiary/aromatic N) is 2. The Kier molecular flexibility index (Phi) is 2.28. The van der Waals surface area contributed by atoms with Crippen molar-refractivity contribution in [3.63, 3.8) is 0 Å². The van der Waals surface area contributed by atoms with Gasteiger partial charge in [-0.1, -0.05) is 0 Å². The van der Waals surface area contributed by atoms with Gasteiger partial charge in [-0.25, -0.2) is 8.57 Å². The third kappa shape index (κ3) is 1.71. The molecule has 0 saturated carbocycles. The Morgan fingerprint density at radius 2 is 2.10 bits per heavy atom. The highest BCUT2D eigenvalue weighted by Crippen LogP contribution is 2.12. The standard InChI is InChI=1S/C6H10N2OS/c7-3-4-8-10(9)5-1-2-6-10/h1-2,4-6H2. The van der Waals surface area contributed by atoms with E-state index in [1.165, 1.54) is 0 Å². The Morgan fingerprint density at radius 3 is 2.60 bits per heavy atom. The molecule has 3 nitrogen and oxygen atoms in total. The van der Waals surface area contributed by atoms with Crippen LogP contribution >= 0.6 is 0 Å². The van der Waals surface area contributed by atoms with Gasteiger partial charge < -0.3 is 0 Å². The quantitative estimate of drug-likeness (QED) is 0.529. The zero-order valence-electron chi connectivity index (χ0n) is 5.75. The fraction of sp³-hybridized carbons (Fsp3) is 0.833. The highest BCUT2D eigenvalue weighted by molar-refractivity contribution is 7.93. The Labute approximate surface area is 61.2 Å². The van der Waals surface area contributed by atoms with Crippen LogP contribution in [0.25, 0.3) is 0 Å². The summed E-state index contributed by atoms with van der Waals surface area (Å²) in [5, 5.41) is 8.17. The first-order chi connectivity index (χ1) is 4.77. The summed E-state index contributed by atoms with van der Waals surface area (Å²) in [6.07, 6.45) is 2.02. The average Bonchev–Trinajstić information content (AvgIpc) is 2.33. The van der Waals surface area contributed by atoms with Crippen LogP contribution in [0.2, 0.25) is 0 Å². The van der Waals surface area contributed by atoms with E-state index >= 15 is 0 Å². The molecule has 0 radical (unpaired) electrons. The molecule has 0 aromatic carbocycles. The third-order valence-electron chi connectivity index (χ3n) is 1.55. The van der Waals surface area contributed by atoms with Gasteiger partial charge in [0.25, 0.3) is 0 Å². The smallest absolute Gasteiger partial charge is 0.135 e. The summed E-state index contributed by atoms with van der Waals surface area (Å²) in [7, 11) is -1.91. The number of hydrogen-bond donors (Lipinski definition) is 0. The van der Waals surface area contributed by atoms with Crippen molar-refractivity contribution in [1.82, 2.24) is 0 Å². The summed E-state index contributed by atoms with van der Waals surface area (Å²) in [6.45, 7) is 0.0961. The normalized spacial score (nSPS) is 21.9. The minimum absolute atomic E-state index is 0.0961. The van der Waals surface area contributed by atoms with Crippen molar-refractivity contribution < 1.29 is 4.21 Å². The van der Waals surface area contributed by atoms with Gasteiger partial charge in [0.2, 0.25) is 0 Å². The SMILES string of the molecule is N#CCN=S1(=O)CCCC1. The molecule has 0 spiro atoms. The van der Waals surface area contributed by atoms with Crippen LogP contribution in [0.5, 0.6) is 0 Å². The lowest BCUT2D eigenvalue weighted by atomic mass is 10.4. The second-order valence-electron chi connectivity index (χ2n) is 2.33. The first kappa shape index (κ1) is 7.55. The van der Waals surface area contributed by atoms with Gasteiger partial charge in [0, 0.05) is 21.2 Å². The minimum atomic E-state index is -1.91. The molecule has 1 heterocycles. The van der Waals surface area contributed by atoms with Gasteiger partial charge in [0.15, 0.2) is 0 Å². The van der Waals surface area contributed by atoms with Gasteiger partial charge in [-0.3, -0.25) is 0 Å². The number of nitriles is 1. The van der Waals surface area contributed by atoms with E-state index in [0.717, 1.165) is 12.8 Å². The van der Waals surface area contributed by atoms with Crippen LogP contribution in [0.1, 0.15) is 12.8 Å². The summed E-state index contributed by atoms with van der Waals surface area (Å²) < 4.78 is 15.3. The summed E-state index contributed by atoms with van der Waals surface area (Å²) >= 11 is 0. The Hall–Kier alpha value is -0.560. The third-order valence-corrected chi connectivity index (χ3v) is 4.00. The summed E-state index contributed by atoms with van der Waals surface area (Å²) in [5.74, 6) is 1.41. The zero-order valence-corrected chi connectivity index (χ0v) is 6.56. The summed E-state index contributed by atoms with van der Waals surface area (Å²) in [4.78, 5) is 0. The van der Waals surface area contributed by atoms with Crippen molar-refractivity contribution in [2.75, 3.05) is 18.1 Å². The predicted molar refractivity (Wildman–Crippen MR) is 40.0 cm³/mol. The molecule has 1 saturated heterocycles. The van der Waals surface area contributed by atoms with Crippen LogP contribution in [0.15, 0.2) is 4.36 Å². The molecule has 0 bridgehead atoms. The maximum Gasteiger partial charge on any atom is 0.135 e. The molecule has 0 aromatic heterocycles. The molecule has 0 unspecified atom stereocenters. The summed E-state index contributed by atoms with van der Waals surface area (Å²) in [5.41, 5.74) is 0. The van der Waals surface area contributed by atoms with Gasteiger partial charge >= 0.3 is 0 Å². The maximum atomic E-state index is 11.4. The van der Waals surface area contributed by atoms with Crippen molar-refractivity contribution in [1.29, 1.82) is 5.26 Å². The van der Waals surface area contributed by atoms with E-state index in [2.05, 4.69) is 4.36 Å². The van der Waals surface area contributed by atoms with Crippen molar-refractivity contribution in [2.24, 2.45) is 4.36 Å². The molecular weight excluding hydrogens is 148 g/mol. The van der Waals surface area contributed by atoms with Crippen LogP contribution in [-0.2, 0) is 9.73 Å². The molecule has 1 rings (SSSR count). The van der Waals surface area contributed by atoms with Gasteiger partial charge in [0.1, 0.15) is 6.54 Å². The molecule has 0 aliphatic carbocycles. The fourth-order valence-electron chi connectivity index (χ4n) is 1.03. The van der Waals surface area contributed by atoms with E-state index in [1.807, 2.05) is 6.07 Å². The fourth-order valence-corrected chi connectivity index (χ4v) is 3.10. The second-order valence-corrected chi connectivity index (χ2v) is 4.95. The van der Waals surface area contributed by atoms with E-state index in [-0.39, 0.29) is 6.54 Å². The molecular formula is C6H10N2OS. The van der Waals surface area contributed by atoms with E-state index in [0.29, 0.717) is 11.5 Å². The van der Waals surface area contributed by atoms with Crippen LogP contribution in [-0.4, -0.2) is 22.3 Å². The van der Waals surface area contributed by atoms with Gasteiger partial charge in [-0.2, -0.15) is 5.26 Å². The highest BCUT2D eigenvalue weighted by atomic mass is 32.2. The Bertz CT molecular complexity index is 245. The lowest BCUT2D eigenvalue weighted by Gasteiger charge is -1.94. The van der Waals surface area contributed by atoms with Crippen LogP contribution in [0, 0.1) is 11.3 Å². The topological polar surface area (TPSA) is 53.2 Å². The van der Waals surface area contributed by atoms with Crippen molar-refractivity contribution in [2.45, 2.75) is 12.8 Å². The van der Waals surface area contributed by atoms with E-state index in [9.17, 15) is 4.21 Å². The van der Waals surface area contributed by atoms with Crippen molar-refractivity contribution in [3.8, 4) is 6.07 Å². The maximum absolute atomic E-state index is 11.4. The molecule has 1 fully saturated rings. The zero-order chi connectivity index (χ0) is 7.45. The molecule has 0 amide bonds. The molecule has 4 heteroatoms. The van der Waals surface area contributed by atoms with Crippen LogP contribution in [0.3, 0.4) is 0 Å². The number of rotatable bonds is 1. The van der Waals surface area contributed by atoms with Gasteiger partial charge in [0.05, 0.1) is 6.07 Å². The number of hydrogen-bond acceptors (Lipinski definition) is 3. The van der Waals surface area contributed by atoms with Crippen LogP contribution < -0.4 is 0 Å². The average molecular weight is 158 g/mol. The van der Waals surface area contributed by atoms with Gasteiger partial charge in [-0.05, 0) is 12.8 Å². The highest BCUT2D eigenvalue weighted by Gasteiger charge is 2.14. The largest absolute Gasteiger partial charge is 0.250 e. The molecule has 0 aromatic rings. The first-order valence-corrected chi connectivity index (χ1v) is 5.17. The first-order valence-electron chi connectivity index (χ1n) is 3.32. The Morgan fingerprint density at radius 1 is 1.50 bits per heavy atom. The van der Waals surface area contributed by atoms with E-state index in [1.54, 1.807) is 0 Å². The Balaban J connectivity index is 2.69. The molecule has 10 heavy (non-hydrogen) atoms. The predicted octanol–water partition coefficient (Wildman–Crippen LogP) is 0.772. The molecule has 1 aliphatic heterocycles. The summed E-state index contributed by atoms with van der Waals surface area (Å²) in [6, 6.07) is 1.87. The van der Waals surface area contributed by atoms with Gasteiger partial charge in [-0.15, -0.1) is 0 Å². The molecule has 56 valence electrons. The minimum Gasteiger partial charge on any atom is -0.250 e. The monoisotopic (exact) mass is 158 g/mol. The van der Waals surface area contributed by atoms with E-state index in [4.69, 9.17) is 5.26 Å². The van der Waals surface area contributed by atoms with Crippen LogP contribution in [0.4, 0.5) is 0 Å². The lowest BCUT2D eigenvalue weighted by molar-refractivity contribution is 0.680. The van der Waals surface area contributed by atoms with Crippen molar-refractivity contribution in [3.05, 3.63) is 0 Å². The van der Waals surface area contributed by atoms with E-state index < -0.39 is 9.73 Å². The second kappa shape index (κ2) is 3.02. The molecule has 1 aliphatic rings. The van der Waals surface area contributed by atoms with Crippen molar-refractivity contribution >= 4 is 9.73 Å². The lowest BCUT2D eigenvalue weighted by Crippen LogP contribution is -2.00.